The van der Waals surface area contributed by atoms with Crippen LogP contribution in [0.4, 0.5) is 0 Å². The molecule has 11 heavy (non-hydrogen) atoms. The summed E-state index contributed by atoms with van der Waals surface area (Å²) in [6.07, 6.45) is 1.29. The van der Waals surface area contributed by atoms with Crippen LogP contribution >= 0.6 is 0 Å². The van der Waals surface area contributed by atoms with E-state index in [2.05, 4.69) is 36.5 Å². The maximum absolute atomic E-state index is 3.38. The molecule has 1 nitrogen and oxygen atoms in total. The molecule has 0 amide bonds. The fourth-order valence-corrected chi connectivity index (χ4v) is 1.37. The second-order valence-electron chi connectivity index (χ2n) is 3.21. The second kappa shape index (κ2) is 2.67. The molecule has 0 aromatic heterocycles. The smallest absolute Gasteiger partial charge is 0.0332 e. The number of aryl methyl sites for hydroxylation is 1. The average Bonchev–Trinajstić information content (AvgIpc) is 1.90. The summed E-state index contributed by atoms with van der Waals surface area (Å²) in [5, 5.41) is 3.38. The van der Waals surface area contributed by atoms with Crippen LogP contribution in [0.25, 0.3) is 0 Å². The van der Waals surface area contributed by atoms with Crippen molar-refractivity contribution in [1.82, 2.24) is 5.32 Å². The highest BCUT2D eigenvalue weighted by molar-refractivity contribution is 5.25. The van der Waals surface area contributed by atoms with Crippen molar-refractivity contribution in [3.05, 3.63) is 35.4 Å². The average molecular weight is 147 g/mol. The fraction of sp³-hybridized carbons (Fsp3) is 0.400. The highest BCUT2D eigenvalue weighted by atomic mass is 15.0. The van der Waals surface area contributed by atoms with Gasteiger partial charge < -0.3 is 5.32 Å². The number of benzene rings is 1. The van der Waals surface area contributed by atoms with E-state index in [0.29, 0.717) is 6.04 Å². The van der Waals surface area contributed by atoms with Crippen LogP contribution < -0.4 is 5.32 Å². The molecule has 0 aliphatic carbocycles. The topological polar surface area (TPSA) is 12.0 Å². The molecule has 1 heteroatoms. The van der Waals surface area contributed by atoms with Crippen molar-refractivity contribution in [3.63, 3.8) is 0 Å². The summed E-state index contributed by atoms with van der Waals surface area (Å²) in [4.78, 5) is 0. The zero-order valence-electron chi connectivity index (χ0n) is 6.80. The van der Waals surface area contributed by atoms with E-state index in [9.17, 15) is 0 Å². The van der Waals surface area contributed by atoms with Gasteiger partial charge in [-0.1, -0.05) is 29.8 Å². The zero-order chi connectivity index (χ0) is 7.68. The van der Waals surface area contributed by atoms with Gasteiger partial charge in [0.1, 0.15) is 0 Å². The summed E-state index contributed by atoms with van der Waals surface area (Å²) >= 11 is 0. The van der Waals surface area contributed by atoms with Gasteiger partial charge in [0.15, 0.2) is 0 Å². The molecule has 0 spiro atoms. The monoisotopic (exact) mass is 147 g/mol. The molecule has 1 aliphatic rings. The Morgan fingerprint density at radius 1 is 1.27 bits per heavy atom. The Morgan fingerprint density at radius 2 is 1.91 bits per heavy atom. The first-order chi connectivity index (χ1) is 5.36. The third-order valence-corrected chi connectivity index (χ3v) is 2.30. The van der Waals surface area contributed by atoms with E-state index in [4.69, 9.17) is 0 Å². The summed E-state index contributed by atoms with van der Waals surface area (Å²) in [6.45, 7) is 3.30. The Balaban J connectivity index is 2.18. The predicted molar refractivity (Wildman–Crippen MR) is 46.5 cm³/mol. The lowest BCUT2D eigenvalue weighted by atomic mass is 9.97. The highest BCUT2D eigenvalue weighted by Crippen LogP contribution is 2.22. The van der Waals surface area contributed by atoms with Crippen LogP contribution in [0.15, 0.2) is 24.3 Å². The van der Waals surface area contributed by atoms with E-state index >= 15 is 0 Å². The Bertz CT molecular complexity index is 234. The van der Waals surface area contributed by atoms with Crippen molar-refractivity contribution in [2.24, 2.45) is 0 Å². The van der Waals surface area contributed by atoms with Gasteiger partial charge in [0, 0.05) is 6.04 Å². The minimum Gasteiger partial charge on any atom is -0.310 e. The maximum atomic E-state index is 3.38. The number of hydrogen-bond donors (Lipinski definition) is 1. The van der Waals surface area contributed by atoms with Gasteiger partial charge in [0.05, 0.1) is 0 Å². The summed E-state index contributed by atoms with van der Waals surface area (Å²) in [6, 6.07) is 9.42. The van der Waals surface area contributed by atoms with Crippen molar-refractivity contribution in [3.8, 4) is 0 Å². The Hall–Kier alpha value is -0.820. The van der Waals surface area contributed by atoms with E-state index in [0.717, 1.165) is 0 Å². The van der Waals surface area contributed by atoms with Crippen molar-refractivity contribution in [1.29, 1.82) is 0 Å². The van der Waals surface area contributed by atoms with Crippen LogP contribution in [0, 0.1) is 6.92 Å². The molecular formula is C10H13N. The number of nitrogens with one attached hydrogen (secondary N) is 1. The van der Waals surface area contributed by atoms with Crippen LogP contribution in [0.1, 0.15) is 23.6 Å². The van der Waals surface area contributed by atoms with E-state index < -0.39 is 0 Å². The van der Waals surface area contributed by atoms with Crippen LogP contribution in [0.3, 0.4) is 0 Å². The molecule has 2 rings (SSSR count). The first-order valence-corrected chi connectivity index (χ1v) is 4.16. The Kier molecular flexibility index (Phi) is 1.66. The van der Waals surface area contributed by atoms with Gasteiger partial charge in [-0.05, 0) is 25.5 Å². The van der Waals surface area contributed by atoms with Crippen molar-refractivity contribution in [2.45, 2.75) is 19.4 Å². The van der Waals surface area contributed by atoms with Crippen molar-refractivity contribution >= 4 is 0 Å². The Morgan fingerprint density at radius 3 is 2.36 bits per heavy atom. The van der Waals surface area contributed by atoms with Crippen molar-refractivity contribution < 1.29 is 0 Å². The normalized spacial score (nSPS) is 22.8. The van der Waals surface area contributed by atoms with Gasteiger partial charge in [-0.15, -0.1) is 0 Å². The molecule has 0 bridgehead atoms. The van der Waals surface area contributed by atoms with Crippen LogP contribution in [-0.2, 0) is 0 Å². The van der Waals surface area contributed by atoms with Crippen LogP contribution in [0.2, 0.25) is 0 Å². The third kappa shape index (κ3) is 1.29. The molecule has 1 aromatic carbocycles. The molecule has 0 saturated carbocycles. The molecule has 0 unspecified atom stereocenters. The molecule has 1 aromatic rings. The number of rotatable bonds is 1. The minimum atomic E-state index is 0.635. The predicted octanol–water partition coefficient (Wildman–Crippen LogP) is 2.03. The van der Waals surface area contributed by atoms with Crippen LogP contribution in [-0.4, -0.2) is 6.54 Å². The largest absolute Gasteiger partial charge is 0.310 e. The number of hydrogen-bond acceptors (Lipinski definition) is 1. The van der Waals surface area contributed by atoms with Crippen molar-refractivity contribution in [2.75, 3.05) is 6.54 Å². The molecule has 0 radical (unpaired) electrons. The molecule has 58 valence electrons. The molecule has 1 atom stereocenters. The lowest BCUT2D eigenvalue weighted by Gasteiger charge is -2.27. The first-order valence-electron chi connectivity index (χ1n) is 4.16. The third-order valence-electron chi connectivity index (χ3n) is 2.30. The van der Waals surface area contributed by atoms with E-state index in [-0.39, 0.29) is 0 Å². The summed E-state index contributed by atoms with van der Waals surface area (Å²) in [5.41, 5.74) is 2.77. The van der Waals surface area contributed by atoms with Gasteiger partial charge in [-0.25, -0.2) is 0 Å². The van der Waals surface area contributed by atoms with Gasteiger partial charge in [0.2, 0.25) is 0 Å². The molecule has 1 heterocycles. The first kappa shape index (κ1) is 6.86. The second-order valence-corrected chi connectivity index (χ2v) is 3.21. The van der Waals surface area contributed by atoms with Crippen LogP contribution in [0.5, 0.6) is 0 Å². The quantitative estimate of drug-likeness (QED) is 0.641. The SMILES string of the molecule is Cc1ccc([C@H]2CCN2)cc1. The lowest BCUT2D eigenvalue weighted by molar-refractivity contribution is 0.383. The zero-order valence-corrected chi connectivity index (χ0v) is 6.80. The van der Waals surface area contributed by atoms with Gasteiger partial charge in [-0.2, -0.15) is 0 Å². The molecule has 1 aliphatic heterocycles. The Labute approximate surface area is 67.4 Å². The van der Waals surface area contributed by atoms with E-state index in [1.807, 2.05) is 0 Å². The highest BCUT2D eigenvalue weighted by Gasteiger charge is 2.17. The van der Waals surface area contributed by atoms with Gasteiger partial charge in [0.25, 0.3) is 0 Å². The summed E-state index contributed by atoms with van der Waals surface area (Å²) in [5.74, 6) is 0. The standard InChI is InChI=1S/C10H13N/c1-8-2-4-9(5-3-8)10-6-7-11-10/h2-5,10-11H,6-7H2,1H3/t10-/m1/s1. The lowest BCUT2D eigenvalue weighted by Crippen LogP contribution is -2.34. The molecule has 1 saturated heterocycles. The minimum absolute atomic E-state index is 0.635. The van der Waals surface area contributed by atoms with Gasteiger partial charge >= 0.3 is 0 Å². The van der Waals surface area contributed by atoms with E-state index in [1.54, 1.807) is 0 Å². The van der Waals surface area contributed by atoms with E-state index in [1.165, 1.54) is 24.1 Å². The summed E-state index contributed by atoms with van der Waals surface area (Å²) in [7, 11) is 0. The summed E-state index contributed by atoms with van der Waals surface area (Å²) < 4.78 is 0. The molecule has 1 N–H and O–H groups in total. The van der Waals surface area contributed by atoms with Gasteiger partial charge in [-0.3, -0.25) is 0 Å². The molecular weight excluding hydrogens is 134 g/mol. The molecule has 1 fully saturated rings. The fourth-order valence-electron chi connectivity index (χ4n) is 1.37. The maximum Gasteiger partial charge on any atom is 0.0332 e.